The molecule has 0 unspecified atom stereocenters. The standard InChI is InChI=1S/C16H23FN4O4S2/c1-10(2)7-12(15(23)19-16-18-8-13(17)26-16)21-6-5-20(9-14(21)22)27(24,25)11-3-4-11/h8,10-12H,3-7,9H2,1-2H3,(H,18,19,23)/t12-/m0/s1. The van der Waals surface area contributed by atoms with Crippen LogP contribution in [0.15, 0.2) is 6.20 Å². The molecule has 3 rings (SSSR count). The third-order valence-corrected chi connectivity index (χ3v) is 7.66. The number of halogens is 1. The quantitative estimate of drug-likeness (QED) is 0.719. The Kier molecular flexibility index (Phi) is 5.82. The van der Waals surface area contributed by atoms with E-state index in [1.54, 1.807) is 0 Å². The number of carbonyl (C=O) groups is 2. The number of aromatic nitrogens is 1. The lowest BCUT2D eigenvalue weighted by Gasteiger charge is -2.38. The Hall–Kier alpha value is -1.59. The van der Waals surface area contributed by atoms with Gasteiger partial charge in [-0.3, -0.25) is 9.59 Å². The fraction of sp³-hybridized carbons (Fsp3) is 0.688. The molecule has 1 aliphatic carbocycles. The van der Waals surface area contributed by atoms with Gasteiger partial charge in [0.25, 0.3) is 0 Å². The lowest BCUT2D eigenvalue weighted by Crippen LogP contribution is -2.58. The van der Waals surface area contributed by atoms with Crippen molar-refractivity contribution in [3.63, 3.8) is 0 Å². The van der Waals surface area contributed by atoms with Gasteiger partial charge >= 0.3 is 0 Å². The summed E-state index contributed by atoms with van der Waals surface area (Å²) in [7, 11) is -3.42. The number of carbonyl (C=O) groups excluding carboxylic acids is 2. The molecule has 11 heteroatoms. The van der Waals surface area contributed by atoms with Crippen molar-refractivity contribution in [2.45, 2.75) is 44.4 Å². The van der Waals surface area contributed by atoms with Crippen LogP contribution in [0, 0.1) is 11.0 Å². The van der Waals surface area contributed by atoms with Gasteiger partial charge in [-0.05, 0) is 25.2 Å². The van der Waals surface area contributed by atoms with Crippen molar-refractivity contribution < 1.29 is 22.4 Å². The molecule has 27 heavy (non-hydrogen) atoms. The van der Waals surface area contributed by atoms with Gasteiger partial charge in [-0.15, -0.1) is 0 Å². The van der Waals surface area contributed by atoms with E-state index in [1.165, 1.54) is 9.21 Å². The second-order valence-electron chi connectivity index (χ2n) is 7.27. The summed E-state index contributed by atoms with van der Waals surface area (Å²) in [6.07, 6.45) is 2.71. The molecule has 1 atom stereocenters. The monoisotopic (exact) mass is 418 g/mol. The number of piperazine rings is 1. The van der Waals surface area contributed by atoms with E-state index in [0.717, 1.165) is 6.20 Å². The van der Waals surface area contributed by atoms with E-state index in [4.69, 9.17) is 0 Å². The molecular weight excluding hydrogens is 395 g/mol. The molecule has 1 saturated carbocycles. The SMILES string of the molecule is CC(C)C[C@@H](C(=O)Nc1ncc(F)s1)N1CCN(S(=O)(=O)C2CC2)CC1=O. The predicted molar refractivity (Wildman–Crippen MR) is 99.2 cm³/mol. The molecule has 0 spiro atoms. The molecule has 2 amide bonds. The zero-order valence-electron chi connectivity index (χ0n) is 15.2. The van der Waals surface area contributed by atoms with Crippen molar-refractivity contribution in [1.82, 2.24) is 14.2 Å². The van der Waals surface area contributed by atoms with Gasteiger partial charge in [0, 0.05) is 13.1 Å². The molecule has 2 fully saturated rings. The van der Waals surface area contributed by atoms with E-state index in [1.807, 2.05) is 13.8 Å². The lowest BCUT2D eigenvalue weighted by molar-refractivity contribution is -0.142. The van der Waals surface area contributed by atoms with Gasteiger partial charge in [0.15, 0.2) is 10.3 Å². The molecule has 0 aromatic carbocycles. The summed E-state index contributed by atoms with van der Waals surface area (Å²) in [4.78, 5) is 30.6. The Morgan fingerprint density at radius 3 is 2.63 bits per heavy atom. The van der Waals surface area contributed by atoms with Crippen LogP contribution in [0.1, 0.15) is 33.1 Å². The second kappa shape index (κ2) is 7.80. The maximum Gasteiger partial charge on any atom is 0.248 e. The van der Waals surface area contributed by atoms with Gasteiger partial charge in [-0.1, -0.05) is 25.2 Å². The molecule has 1 N–H and O–H groups in total. The second-order valence-corrected chi connectivity index (χ2v) is 10.5. The fourth-order valence-electron chi connectivity index (χ4n) is 3.11. The van der Waals surface area contributed by atoms with Crippen molar-refractivity contribution in [2.24, 2.45) is 5.92 Å². The Bertz CT molecular complexity index is 822. The lowest BCUT2D eigenvalue weighted by atomic mass is 10.0. The maximum atomic E-state index is 13.1. The third-order valence-electron chi connectivity index (χ3n) is 4.61. The van der Waals surface area contributed by atoms with E-state index >= 15 is 0 Å². The molecule has 1 aromatic rings. The van der Waals surface area contributed by atoms with Crippen molar-refractivity contribution in [1.29, 1.82) is 0 Å². The van der Waals surface area contributed by atoms with Crippen LogP contribution >= 0.6 is 11.3 Å². The Labute approximate surface area is 161 Å². The Morgan fingerprint density at radius 1 is 1.41 bits per heavy atom. The highest BCUT2D eigenvalue weighted by atomic mass is 32.2. The summed E-state index contributed by atoms with van der Waals surface area (Å²) in [5, 5.41) is 1.81. The van der Waals surface area contributed by atoms with Crippen molar-refractivity contribution in [3.05, 3.63) is 11.3 Å². The molecule has 8 nitrogen and oxygen atoms in total. The van der Waals surface area contributed by atoms with E-state index in [-0.39, 0.29) is 35.9 Å². The minimum atomic E-state index is -3.42. The van der Waals surface area contributed by atoms with Crippen molar-refractivity contribution in [3.8, 4) is 0 Å². The number of sulfonamides is 1. The summed E-state index contributed by atoms with van der Waals surface area (Å²) in [5.74, 6) is -0.698. The first-order valence-electron chi connectivity index (χ1n) is 8.89. The Balaban J connectivity index is 1.71. The zero-order chi connectivity index (χ0) is 19.8. The predicted octanol–water partition coefficient (Wildman–Crippen LogP) is 1.27. The van der Waals surface area contributed by atoms with Crippen LogP contribution in [0.4, 0.5) is 9.52 Å². The largest absolute Gasteiger partial charge is 0.328 e. The highest BCUT2D eigenvalue weighted by molar-refractivity contribution is 7.90. The molecule has 1 aliphatic heterocycles. The van der Waals surface area contributed by atoms with Crippen LogP contribution in [0.2, 0.25) is 0 Å². The first kappa shape index (κ1) is 20.2. The minimum Gasteiger partial charge on any atom is -0.328 e. The number of anilines is 1. The summed E-state index contributed by atoms with van der Waals surface area (Å²) in [6, 6.07) is -0.754. The Morgan fingerprint density at radius 2 is 2.11 bits per heavy atom. The molecule has 1 aromatic heterocycles. The van der Waals surface area contributed by atoms with Gasteiger partial charge in [0.1, 0.15) is 6.04 Å². The van der Waals surface area contributed by atoms with E-state index in [0.29, 0.717) is 30.6 Å². The number of hydrogen-bond acceptors (Lipinski definition) is 6. The van der Waals surface area contributed by atoms with E-state index in [9.17, 15) is 22.4 Å². The van der Waals surface area contributed by atoms with Crippen LogP contribution in [0.25, 0.3) is 0 Å². The number of rotatable bonds is 7. The van der Waals surface area contributed by atoms with Gasteiger partial charge in [0.05, 0.1) is 18.0 Å². The highest BCUT2D eigenvalue weighted by Gasteiger charge is 2.44. The van der Waals surface area contributed by atoms with Gasteiger partial charge in [0.2, 0.25) is 21.8 Å². The van der Waals surface area contributed by atoms with Gasteiger partial charge < -0.3 is 10.2 Å². The van der Waals surface area contributed by atoms with Crippen molar-refractivity contribution >= 4 is 38.3 Å². The van der Waals surface area contributed by atoms with Crippen LogP contribution in [0.5, 0.6) is 0 Å². The molecule has 2 aliphatic rings. The number of nitrogens with one attached hydrogen (secondary N) is 1. The van der Waals surface area contributed by atoms with Crippen LogP contribution in [-0.4, -0.2) is 65.3 Å². The number of hydrogen-bond donors (Lipinski definition) is 1. The van der Waals surface area contributed by atoms with E-state index < -0.39 is 33.0 Å². The average molecular weight is 419 g/mol. The molecular formula is C16H23FN4O4S2. The third kappa shape index (κ3) is 4.64. The number of thiazole rings is 1. The van der Waals surface area contributed by atoms with Crippen molar-refractivity contribution in [2.75, 3.05) is 25.0 Å². The molecule has 2 heterocycles. The fourth-order valence-corrected chi connectivity index (χ4v) is 5.44. The van der Waals surface area contributed by atoms with E-state index in [2.05, 4.69) is 10.3 Å². The first-order valence-corrected chi connectivity index (χ1v) is 11.2. The average Bonchev–Trinajstić information content (AvgIpc) is 3.37. The van der Waals surface area contributed by atoms with Gasteiger partial charge in [-0.2, -0.15) is 8.70 Å². The molecule has 0 bridgehead atoms. The van der Waals surface area contributed by atoms with Gasteiger partial charge in [-0.25, -0.2) is 13.4 Å². The zero-order valence-corrected chi connectivity index (χ0v) is 16.9. The molecule has 150 valence electrons. The van der Waals surface area contributed by atoms with Crippen LogP contribution in [0.3, 0.4) is 0 Å². The van der Waals surface area contributed by atoms with Crippen LogP contribution < -0.4 is 5.32 Å². The smallest absolute Gasteiger partial charge is 0.248 e. The molecule has 0 radical (unpaired) electrons. The van der Waals surface area contributed by atoms with Crippen LogP contribution in [-0.2, 0) is 19.6 Å². The normalized spacial score (nSPS) is 20.1. The molecule has 1 saturated heterocycles. The minimum absolute atomic E-state index is 0.133. The first-order chi connectivity index (χ1) is 12.7. The number of nitrogens with zero attached hydrogens (tertiary/aromatic N) is 3. The topological polar surface area (TPSA) is 99.7 Å². The summed E-state index contributed by atoms with van der Waals surface area (Å²) in [6.45, 7) is 3.95. The summed E-state index contributed by atoms with van der Waals surface area (Å²) < 4.78 is 39.1. The summed E-state index contributed by atoms with van der Waals surface area (Å²) >= 11 is 0.713. The highest BCUT2D eigenvalue weighted by Crippen LogP contribution is 2.32. The maximum absolute atomic E-state index is 13.1. The summed E-state index contributed by atoms with van der Waals surface area (Å²) in [5.41, 5.74) is 0. The number of amides is 2.